The molecule has 2 aromatic rings. The first kappa shape index (κ1) is 15.0. The van der Waals surface area contributed by atoms with Crippen LogP contribution >= 0.6 is 0 Å². The largest absolute Gasteiger partial charge is 0.451 e. The molecule has 1 heterocycles. The van der Waals surface area contributed by atoms with E-state index in [-0.39, 0.29) is 17.3 Å². The van der Waals surface area contributed by atoms with Gasteiger partial charge >= 0.3 is 6.18 Å². The predicted molar refractivity (Wildman–Crippen MR) is 70.9 cm³/mol. The fourth-order valence-corrected chi connectivity index (χ4v) is 1.61. The van der Waals surface area contributed by atoms with Crippen molar-refractivity contribution < 1.29 is 17.6 Å². The number of para-hydroxylation sites is 1. The van der Waals surface area contributed by atoms with Gasteiger partial charge < -0.3 is 10.6 Å². The Labute approximate surface area is 118 Å². The van der Waals surface area contributed by atoms with Gasteiger partial charge in [-0.3, -0.25) is 0 Å². The summed E-state index contributed by atoms with van der Waals surface area (Å²) in [6, 6.07) is 6.91. The zero-order chi connectivity index (χ0) is 15.5. The van der Waals surface area contributed by atoms with Gasteiger partial charge in [0.15, 0.2) is 0 Å². The van der Waals surface area contributed by atoms with Crippen LogP contribution in [0.5, 0.6) is 0 Å². The Kier molecular flexibility index (Phi) is 4.25. The molecule has 1 aromatic carbocycles. The lowest BCUT2D eigenvalue weighted by molar-refractivity contribution is -0.144. The van der Waals surface area contributed by atoms with E-state index < -0.39 is 17.8 Å². The Balaban J connectivity index is 2.38. The predicted octanol–water partition coefficient (Wildman–Crippen LogP) is 3.81. The minimum atomic E-state index is -4.68. The second-order valence-corrected chi connectivity index (χ2v) is 4.09. The van der Waals surface area contributed by atoms with Crippen molar-refractivity contribution in [3.8, 4) is 0 Å². The average molecular weight is 300 g/mol. The molecule has 0 amide bonds. The molecule has 112 valence electrons. The fourth-order valence-electron chi connectivity index (χ4n) is 1.61. The molecular weight excluding hydrogens is 288 g/mol. The van der Waals surface area contributed by atoms with Crippen molar-refractivity contribution in [1.29, 1.82) is 0 Å². The van der Waals surface area contributed by atoms with E-state index in [2.05, 4.69) is 20.6 Å². The minimum Gasteiger partial charge on any atom is -0.370 e. The van der Waals surface area contributed by atoms with Crippen molar-refractivity contribution in [2.24, 2.45) is 0 Å². The average Bonchev–Trinajstić information content (AvgIpc) is 2.41. The van der Waals surface area contributed by atoms with E-state index in [0.29, 0.717) is 6.54 Å². The normalized spacial score (nSPS) is 11.3. The first-order valence-electron chi connectivity index (χ1n) is 6.12. The van der Waals surface area contributed by atoms with Crippen LogP contribution in [-0.2, 0) is 6.18 Å². The molecule has 0 radical (unpaired) electrons. The lowest BCUT2D eigenvalue weighted by atomic mass is 10.3. The molecule has 0 aliphatic heterocycles. The summed E-state index contributed by atoms with van der Waals surface area (Å²) in [5.74, 6) is -2.01. The number of nitrogens with zero attached hydrogens (tertiary/aromatic N) is 2. The quantitative estimate of drug-likeness (QED) is 0.843. The van der Waals surface area contributed by atoms with Gasteiger partial charge in [0.25, 0.3) is 0 Å². The fraction of sp³-hybridized carbons (Fsp3) is 0.231. The van der Waals surface area contributed by atoms with Gasteiger partial charge in [-0.15, -0.1) is 0 Å². The van der Waals surface area contributed by atoms with Crippen LogP contribution in [-0.4, -0.2) is 16.5 Å². The van der Waals surface area contributed by atoms with Gasteiger partial charge in [0.1, 0.15) is 17.5 Å². The summed E-state index contributed by atoms with van der Waals surface area (Å²) >= 11 is 0. The van der Waals surface area contributed by atoms with Crippen molar-refractivity contribution in [1.82, 2.24) is 9.97 Å². The van der Waals surface area contributed by atoms with E-state index in [9.17, 15) is 17.6 Å². The standard InChI is InChI=1S/C13H12F4N4/c1-2-18-10-7-11(21-12(20-10)13(15,16)17)19-9-6-4-3-5-8(9)14/h3-7H,2H2,1H3,(H2,18,19,20,21). The molecule has 4 nitrogen and oxygen atoms in total. The highest BCUT2D eigenvalue weighted by Crippen LogP contribution is 2.29. The first-order valence-corrected chi connectivity index (χ1v) is 6.12. The van der Waals surface area contributed by atoms with E-state index in [0.717, 1.165) is 0 Å². The Morgan fingerprint density at radius 2 is 1.76 bits per heavy atom. The second-order valence-electron chi connectivity index (χ2n) is 4.09. The number of hydrogen-bond acceptors (Lipinski definition) is 4. The van der Waals surface area contributed by atoms with Crippen molar-refractivity contribution >= 4 is 17.3 Å². The number of rotatable bonds is 4. The minimum absolute atomic E-state index is 0.0127. The van der Waals surface area contributed by atoms with Crippen LogP contribution in [0.4, 0.5) is 34.9 Å². The SMILES string of the molecule is CCNc1cc(Nc2ccccc2F)nc(C(F)(F)F)n1. The molecule has 0 fully saturated rings. The summed E-state index contributed by atoms with van der Waals surface area (Å²) in [5, 5.41) is 5.19. The van der Waals surface area contributed by atoms with E-state index in [4.69, 9.17) is 0 Å². The van der Waals surface area contributed by atoms with Gasteiger partial charge in [-0.25, -0.2) is 14.4 Å². The number of nitrogens with one attached hydrogen (secondary N) is 2. The number of aromatic nitrogens is 2. The van der Waals surface area contributed by atoms with Gasteiger partial charge in [0.05, 0.1) is 5.69 Å². The van der Waals surface area contributed by atoms with Gasteiger partial charge in [-0.1, -0.05) is 12.1 Å². The van der Waals surface area contributed by atoms with E-state index >= 15 is 0 Å². The van der Waals surface area contributed by atoms with Crippen LogP contribution in [0.25, 0.3) is 0 Å². The van der Waals surface area contributed by atoms with Crippen molar-refractivity contribution in [3.63, 3.8) is 0 Å². The molecule has 0 aliphatic rings. The summed E-state index contributed by atoms with van der Waals surface area (Å²) < 4.78 is 51.8. The molecule has 0 unspecified atom stereocenters. The Morgan fingerprint density at radius 1 is 1.10 bits per heavy atom. The molecule has 21 heavy (non-hydrogen) atoms. The third kappa shape index (κ3) is 3.80. The third-order valence-electron chi connectivity index (χ3n) is 2.47. The smallest absolute Gasteiger partial charge is 0.370 e. The third-order valence-corrected chi connectivity index (χ3v) is 2.47. The molecule has 8 heteroatoms. The van der Waals surface area contributed by atoms with Crippen LogP contribution in [0, 0.1) is 5.82 Å². The molecule has 0 bridgehead atoms. The summed E-state index contributed by atoms with van der Waals surface area (Å²) in [5.41, 5.74) is 0.0340. The topological polar surface area (TPSA) is 49.8 Å². The number of hydrogen-bond donors (Lipinski definition) is 2. The van der Waals surface area contributed by atoms with E-state index in [1.807, 2.05) is 0 Å². The molecule has 1 aromatic heterocycles. The first-order chi connectivity index (χ1) is 9.90. The van der Waals surface area contributed by atoms with Crippen LogP contribution in [0.1, 0.15) is 12.7 Å². The lowest BCUT2D eigenvalue weighted by Crippen LogP contribution is -2.14. The number of alkyl halides is 3. The van der Waals surface area contributed by atoms with Crippen molar-refractivity contribution in [2.75, 3.05) is 17.2 Å². The highest BCUT2D eigenvalue weighted by molar-refractivity contribution is 5.59. The maximum atomic E-state index is 13.5. The molecule has 0 atom stereocenters. The summed E-state index contributed by atoms with van der Waals surface area (Å²) in [6.07, 6.45) is -4.68. The van der Waals surface area contributed by atoms with Gasteiger partial charge in [0, 0.05) is 12.6 Å². The highest BCUT2D eigenvalue weighted by Gasteiger charge is 2.35. The maximum Gasteiger partial charge on any atom is 0.451 e. The maximum absolute atomic E-state index is 13.5. The van der Waals surface area contributed by atoms with Gasteiger partial charge in [-0.05, 0) is 19.1 Å². The molecule has 0 saturated heterocycles. The lowest BCUT2D eigenvalue weighted by Gasteiger charge is -2.12. The summed E-state index contributed by atoms with van der Waals surface area (Å²) in [7, 11) is 0. The van der Waals surface area contributed by atoms with Gasteiger partial charge in [0.2, 0.25) is 5.82 Å². The van der Waals surface area contributed by atoms with Crippen LogP contribution in [0.2, 0.25) is 0 Å². The highest BCUT2D eigenvalue weighted by atomic mass is 19.4. The van der Waals surface area contributed by atoms with Crippen LogP contribution in [0.3, 0.4) is 0 Å². The number of halogens is 4. The Morgan fingerprint density at radius 3 is 2.38 bits per heavy atom. The van der Waals surface area contributed by atoms with Crippen molar-refractivity contribution in [2.45, 2.75) is 13.1 Å². The molecule has 2 N–H and O–H groups in total. The molecule has 0 saturated carbocycles. The summed E-state index contributed by atoms with van der Waals surface area (Å²) in [4.78, 5) is 6.75. The zero-order valence-corrected chi connectivity index (χ0v) is 11.0. The van der Waals surface area contributed by atoms with E-state index in [1.54, 1.807) is 13.0 Å². The molecule has 2 rings (SSSR count). The molecular formula is C13H12F4N4. The Hall–Kier alpha value is -2.38. The molecule has 0 spiro atoms. The van der Waals surface area contributed by atoms with Gasteiger partial charge in [-0.2, -0.15) is 13.2 Å². The molecule has 0 aliphatic carbocycles. The van der Waals surface area contributed by atoms with Crippen molar-refractivity contribution in [3.05, 3.63) is 42.0 Å². The van der Waals surface area contributed by atoms with Crippen LogP contribution < -0.4 is 10.6 Å². The van der Waals surface area contributed by atoms with E-state index in [1.165, 1.54) is 24.3 Å². The number of benzene rings is 1. The summed E-state index contributed by atoms with van der Waals surface area (Å²) in [6.45, 7) is 2.12. The zero-order valence-electron chi connectivity index (χ0n) is 11.0. The number of anilines is 3. The van der Waals surface area contributed by atoms with Crippen LogP contribution in [0.15, 0.2) is 30.3 Å². The monoisotopic (exact) mass is 300 g/mol. The Bertz CT molecular complexity index is 628. The second kappa shape index (κ2) is 5.94.